The monoisotopic (exact) mass is 299 g/mol. The predicted molar refractivity (Wildman–Crippen MR) is 83.5 cm³/mol. The first-order valence-electron chi connectivity index (χ1n) is 6.98. The van der Waals surface area contributed by atoms with E-state index in [-0.39, 0.29) is 5.97 Å². The first kappa shape index (κ1) is 16.9. The molecule has 0 saturated carbocycles. The Morgan fingerprint density at radius 2 is 2.10 bits per heavy atom. The Bertz CT molecular complexity index is 407. The van der Waals surface area contributed by atoms with E-state index in [9.17, 15) is 4.79 Å². The van der Waals surface area contributed by atoms with Gasteiger partial charge in [0.25, 0.3) is 0 Å². The summed E-state index contributed by atoms with van der Waals surface area (Å²) in [5, 5.41) is 3.04. The standard InChI is InChI=1S/C14H25N3O2S/c1-5-19-13(18)8-7-12-11-20-14(15-12)17(4)10-6-9-16(2)3/h11H,5-10H2,1-4H3. The van der Waals surface area contributed by atoms with Crippen LogP contribution in [0.3, 0.4) is 0 Å². The van der Waals surface area contributed by atoms with Crippen molar-refractivity contribution in [2.24, 2.45) is 0 Å². The molecule has 0 spiro atoms. The second kappa shape index (κ2) is 8.92. The zero-order chi connectivity index (χ0) is 15.0. The van der Waals surface area contributed by atoms with Crippen molar-refractivity contribution < 1.29 is 9.53 Å². The lowest BCUT2D eigenvalue weighted by molar-refractivity contribution is -0.143. The minimum atomic E-state index is -0.151. The van der Waals surface area contributed by atoms with Gasteiger partial charge in [0.1, 0.15) is 0 Å². The SMILES string of the molecule is CCOC(=O)CCc1csc(N(C)CCCN(C)C)n1. The minimum absolute atomic E-state index is 0.151. The van der Waals surface area contributed by atoms with Crippen molar-refractivity contribution in [3.05, 3.63) is 11.1 Å². The van der Waals surface area contributed by atoms with Crippen molar-refractivity contribution in [2.75, 3.05) is 45.7 Å². The van der Waals surface area contributed by atoms with Gasteiger partial charge in [0.2, 0.25) is 0 Å². The van der Waals surface area contributed by atoms with Crippen LogP contribution in [0.1, 0.15) is 25.5 Å². The highest BCUT2D eigenvalue weighted by atomic mass is 32.1. The summed E-state index contributed by atoms with van der Waals surface area (Å²) in [6.45, 7) is 4.33. The van der Waals surface area contributed by atoms with Gasteiger partial charge in [0.05, 0.1) is 18.7 Å². The van der Waals surface area contributed by atoms with Crippen LogP contribution < -0.4 is 4.90 Å². The number of nitrogens with zero attached hydrogens (tertiary/aromatic N) is 3. The number of thiazole rings is 1. The third-order valence-electron chi connectivity index (χ3n) is 2.86. The van der Waals surface area contributed by atoms with Gasteiger partial charge in [-0.25, -0.2) is 4.98 Å². The molecule has 6 heteroatoms. The first-order valence-corrected chi connectivity index (χ1v) is 7.86. The number of esters is 1. The average molecular weight is 299 g/mol. The lowest BCUT2D eigenvalue weighted by Crippen LogP contribution is -2.23. The number of carbonyl (C=O) groups is 1. The third kappa shape index (κ3) is 6.34. The Labute approximate surface area is 125 Å². The molecule has 1 rings (SSSR count). The van der Waals surface area contributed by atoms with Crippen LogP contribution in [0, 0.1) is 0 Å². The molecule has 0 aliphatic carbocycles. The molecule has 0 N–H and O–H groups in total. The average Bonchev–Trinajstić information content (AvgIpc) is 2.85. The number of hydrogen-bond acceptors (Lipinski definition) is 6. The van der Waals surface area contributed by atoms with Crippen molar-refractivity contribution in [1.82, 2.24) is 9.88 Å². The minimum Gasteiger partial charge on any atom is -0.466 e. The van der Waals surface area contributed by atoms with Crippen LogP contribution in [0.4, 0.5) is 5.13 Å². The molecule has 0 bridgehead atoms. The molecule has 114 valence electrons. The largest absolute Gasteiger partial charge is 0.466 e. The molecule has 0 aromatic carbocycles. The number of aryl methyl sites for hydroxylation is 1. The molecule has 0 saturated heterocycles. The van der Waals surface area contributed by atoms with Crippen LogP contribution in [0.2, 0.25) is 0 Å². The summed E-state index contributed by atoms with van der Waals surface area (Å²) in [4.78, 5) is 20.2. The fraction of sp³-hybridized carbons (Fsp3) is 0.714. The summed E-state index contributed by atoms with van der Waals surface area (Å²) in [5.74, 6) is -0.151. The number of hydrogen-bond donors (Lipinski definition) is 0. The van der Waals surface area contributed by atoms with E-state index in [0.29, 0.717) is 19.4 Å². The van der Waals surface area contributed by atoms with Crippen LogP contribution in [0.5, 0.6) is 0 Å². The zero-order valence-corrected chi connectivity index (χ0v) is 13.7. The molecule has 0 amide bonds. The summed E-state index contributed by atoms with van der Waals surface area (Å²) in [7, 11) is 6.22. The van der Waals surface area contributed by atoms with Gasteiger partial charge in [-0.2, -0.15) is 0 Å². The van der Waals surface area contributed by atoms with Crippen LogP contribution >= 0.6 is 11.3 Å². The summed E-state index contributed by atoms with van der Waals surface area (Å²) in [5.41, 5.74) is 0.970. The highest BCUT2D eigenvalue weighted by molar-refractivity contribution is 7.13. The summed E-state index contributed by atoms with van der Waals surface area (Å²) in [6, 6.07) is 0. The number of anilines is 1. The maximum atomic E-state index is 11.3. The zero-order valence-electron chi connectivity index (χ0n) is 12.9. The Hall–Kier alpha value is -1.14. The van der Waals surface area contributed by atoms with Crippen molar-refractivity contribution in [1.29, 1.82) is 0 Å². The molecule has 0 fully saturated rings. The van der Waals surface area contributed by atoms with E-state index in [1.54, 1.807) is 11.3 Å². The van der Waals surface area contributed by atoms with E-state index >= 15 is 0 Å². The van der Waals surface area contributed by atoms with Gasteiger partial charge in [-0.3, -0.25) is 4.79 Å². The van der Waals surface area contributed by atoms with Crippen LogP contribution in [0.15, 0.2) is 5.38 Å². The lowest BCUT2D eigenvalue weighted by atomic mass is 10.2. The van der Waals surface area contributed by atoms with Gasteiger partial charge < -0.3 is 14.5 Å². The van der Waals surface area contributed by atoms with Crippen molar-refractivity contribution in [2.45, 2.75) is 26.2 Å². The molecule has 5 nitrogen and oxygen atoms in total. The molecule has 1 aromatic heterocycles. The molecule has 1 heterocycles. The van der Waals surface area contributed by atoms with Gasteiger partial charge in [-0.1, -0.05) is 0 Å². The topological polar surface area (TPSA) is 45.7 Å². The quantitative estimate of drug-likeness (QED) is 0.653. The van der Waals surface area contributed by atoms with Gasteiger partial charge in [-0.05, 0) is 34.0 Å². The highest BCUT2D eigenvalue weighted by Gasteiger charge is 2.09. The molecule has 20 heavy (non-hydrogen) atoms. The van der Waals surface area contributed by atoms with Crippen LogP contribution in [-0.4, -0.2) is 56.7 Å². The van der Waals surface area contributed by atoms with E-state index in [1.165, 1.54) is 0 Å². The van der Waals surface area contributed by atoms with Gasteiger partial charge in [0.15, 0.2) is 5.13 Å². The molecule has 0 aliphatic rings. The Balaban J connectivity index is 2.36. The number of ether oxygens (including phenoxy) is 1. The third-order valence-corrected chi connectivity index (χ3v) is 3.86. The molecule has 0 radical (unpaired) electrons. The van der Waals surface area contributed by atoms with Crippen molar-refractivity contribution in [3.63, 3.8) is 0 Å². The first-order chi connectivity index (χ1) is 9.52. The summed E-state index contributed by atoms with van der Waals surface area (Å²) in [6.07, 6.45) is 2.17. The summed E-state index contributed by atoms with van der Waals surface area (Å²) < 4.78 is 4.91. The Morgan fingerprint density at radius 3 is 2.75 bits per heavy atom. The van der Waals surface area contributed by atoms with E-state index < -0.39 is 0 Å². The molecule has 0 aliphatic heterocycles. The fourth-order valence-electron chi connectivity index (χ4n) is 1.77. The lowest BCUT2D eigenvalue weighted by Gasteiger charge is -2.17. The van der Waals surface area contributed by atoms with Crippen LogP contribution in [-0.2, 0) is 16.0 Å². The second-order valence-corrected chi connectivity index (χ2v) is 5.84. The number of rotatable bonds is 9. The Kier molecular flexibility index (Phi) is 7.54. The van der Waals surface area contributed by atoms with Gasteiger partial charge in [0, 0.05) is 25.4 Å². The van der Waals surface area contributed by atoms with Crippen molar-refractivity contribution >= 4 is 22.4 Å². The van der Waals surface area contributed by atoms with Gasteiger partial charge in [-0.15, -0.1) is 11.3 Å². The van der Waals surface area contributed by atoms with E-state index in [0.717, 1.165) is 30.3 Å². The maximum Gasteiger partial charge on any atom is 0.306 e. The smallest absolute Gasteiger partial charge is 0.306 e. The molecular weight excluding hydrogens is 274 g/mol. The van der Waals surface area contributed by atoms with E-state index in [1.807, 2.05) is 12.3 Å². The number of aromatic nitrogens is 1. The normalized spacial score (nSPS) is 10.8. The molecular formula is C14H25N3O2S. The van der Waals surface area contributed by atoms with E-state index in [4.69, 9.17) is 4.74 Å². The Morgan fingerprint density at radius 1 is 1.35 bits per heavy atom. The summed E-state index contributed by atoms with van der Waals surface area (Å²) >= 11 is 1.63. The molecule has 0 unspecified atom stereocenters. The van der Waals surface area contributed by atoms with E-state index in [2.05, 4.69) is 35.9 Å². The number of carbonyl (C=O) groups excluding carboxylic acids is 1. The molecule has 0 atom stereocenters. The van der Waals surface area contributed by atoms with Crippen LogP contribution in [0.25, 0.3) is 0 Å². The fourth-order valence-corrected chi connectivity index (χ4v) is 2.62. The maximum absolute atomic E-state index is 11.3. The second-order valence-electron chi connectivity index (χ2n) is 5.00. The van der Waals surface area contributed by atoms with Gasteiger partial charge >= 0.3 is 5.97 Å². The van der Waals surface area contributed by atoms with Crippen molar-refractivity contribution in [3.8, 4) is 0 Å². The highest BCUT2D eigenvalue weighted by Crippen LogP contribution is 2.20. The predicted octanol–water partition coefficient (Wildman–Crippen LogP) is 2.03. The molecule has 1 aromatic rings.